The van der Waals surface area contributed by atoms with E-state index in [9.17, 15) is 5.11 Å². The molecule has 3 N–H and O–H groups in total. The molecule has 1 aliphatic rings. The van der Waals surface area contributed by atoms with Crippen molar-refractivity contribution in [2.75, 3.05) is 5.73 Å². The van der Waals surface area contributed by atoms with Crippen molar-refractivity contribution in [3.05, 3.63) is 48.5 Å². The van der Waals surface area contributed by atoms with Crippen LogP contribution in [0.1, 0.15) is 25.3 Å². The standard InChI is InChI=1S/C22H19N5O2S/c23-22-21-16(6-19(29-21)18-11-30-20-9-24-4-3-15(18)20)17(8-25-22)12-7-26-27(10-12)13-1-2-14(28)5-13/h3-4,6-11,13-14,28H,1-2,5H2,(H2,23,25). The quantitative estimate of drug-likeness (QED) is 0.443. The summed E-state index contributed by atoms with van der Waals surface area (Å²) in [6, 6.07) is 4.26. The van der Waals surface area contributed by atoms with Gasteiger partial charge < -0.3 is 15.3 Å². The molecule has 30 heavy (non-hydrogen) atoms. The van der Waals surface area contributed by atoms with Crippen LogP contribution in [0, 0.1) is 0 Å². The molecular weight excluding hydrogens is 398 g/mol. The topological polar surface area (TPSA) is 103 Å². The van der Waals surface area contributed by atoms with Crippen molar-refractivity contribution in [1.29, 1.82) is 0 Å². The number of nitrogens with zero attached hydrogens (tertiary/aromatic N) is 4. The van der Waals surface area contributed by atoms with Crippen LogP contribution in [-0.4, -0.2) is 31.0 Å². The van der Waals surface area contributed by atoms with Crippen LogP contribution in [0.2, 0.25) is 0 Å². The highest BCUT2D eigenvalue weighted by Crippen LogP contribution is 2.40. The summed E-state index contributed by atoms with van der Waals surface area (Å²) >= 11 is 1.64. The number of anilines is 1. The van der Waals surface area contributed by atoms with Gasteiger partial charge in [0.1, 0.15) is 5.76 Å². The smallest absolute Gasteiger partial charge is 0.177 e. The van der Waals surface area contributed by atoms with Crippen LogP contribution in [0.3, 0.4) is 0 Å². The number of aliphatic hydroxyl groups is 1. The van der Waals surface area contributed by atoms with Crippen molar-refractivity contribution >= 4 is 38.2 Å². The highest BCUT2D eigenvalue weighted by Gasteiger charge is 2.25. The predicted octanol–water partition coefficient (Wildman–Crippen LogP) is 4.64. The first-order valence-corrected chi connectivity index (χ1v) is 10.8. The van der Waals surface area contributed by atoms with Gasteiger partial charge in [-0.05, 0) is 31.4 Å². The molecule has 1 fully saturated rings. The van der Waals surface area contributed by atoms with Gasteiger partial charge in [0, 0.05) is 57.6 Å². The van der Waals surface area contributed by atoms with Crippen LogP contribution in [0.4, 0.5) is 5.82 Å². The summed E-state index contributed by atoms with van der Waals surface area (Å²) in [4.78, 5) is 8.55. The van der Waals surface area contributed by atoms with Crippen LogP contribution < -0.4 is 5.73 Å². The Morgan fingerprint density at radius 2 is 2.10 bits per heavy atom. The lowest BCUT2D eigenvalue weighted by molar-refractivity contribution is 0.177. The lowest BCUT2D eigenvalue weighted by atomic mass is 10.1. The van der Waals surface area contributed by atoms with Crippen molar-refractivity contribution in [3.63, 3.8) is 0 Å². The first-order chi connectivity index (χ1) is 14.7. The number of fused-ring (bicyclic) bond motifs is 2. The predicted molar refractivity (Wildman–Crippen MR) is 117 cm³/mol. The molecule has 0 radical (unpaired) electrons. The minimum absolute atomic E-state index is 0.233. The van der Waals surface area contributed by atoms with Crippen molar-refractivity contribution in [1.82, 2.24) is 19.7 Å². The van der Waals surface area contributed by atoms with Gasteiger partial charge in [-0.2, -0.15) is 5.10 Å². The molecule has 7 nitrogen and oxygen atoms in total. The number of rotatable bonds is 3. The van der Waals surface area contributed by atoms with Gasteiger partial charge in [0.15, 0.2) is 11.4 Å². The second-order valence-corrected chi connectivity index (χ2v) is 8.67. The van der Waals surface area contributed by atoms with Gasteiger partial charge >= 0.3 is 0 Å². The number of pyridine rings is 2. The fraction of sp³-hybridized carbons (Fsp3) is 0.227. The molecule has 0 amide bonds. The zero-order valence-electron chi connectivity index (χ0n) is 16.0. The lowest BCUT2D eigenvalue weighted by Gasteiger charge is -2.09. The Morgan fingerprint density at radius 3 is 2.97 bits per heavy atom. The Morgan fingerprint density at radius 1 is 1.17 bits per heavy atom. The van der Waals surface area contributed by atoms with Crippen molar-refractivity contribution in [3.8, 4) is 22.5 Å². The molecule has 0 saturated heterocycles. The third-order valence-corrected chi connectivity index (χ3v) is 6.83. The number of thiophene rings is 1. The van der Waals surface area contributed by atoms with Crippen LogP contribution in [0.25, 0.3) is 43.5 Å². The highest BCUT2D eigenvalue weighted by molar-refractivity contribution is 7.17. The summed E-state index contributed by atoms with van der Waals surface area (Å²) in [6.45, 7) is 0. The molecule has 0 bridgehead atoms. The number of furan rings is 1. The summed E-state index contributed by atoms with van der Waals surface area (Å²) in [7, 11) is 0. The molecule has 5 aromatic rings. The summed E-state index contributed by atoms with van der Waals surface area (Å²) < 4.78 is 9.24. The second kappa shape index (κ2) is 6.65. The number of hydrogen-bond acceptors (Lipinski definition) is 7. The van der Waals surface area contributed by atoms with Crippen molar-refractivity contribution in [2.45, 2.75) is 31.4 Å². The van der Waals surface area contributed by atoms with E-state index >= 15 is 0 Å². The third kappa shape index (κ3) is 2.72. The number of aromatic nitrogens is 4. The Labute approximate surface area is 175 Å². The van der Waals surface area contributed by atoms with E-state index in [-0.39, 0.29) is 12.1 Å². The lowest BCUT2D eigenvalue weighted by Crippen LogP contribution is -2.07. The Bertz CT molecular complexity index is 1380. The minimum Gasteiger partial charge on any atom is -0.452 e. The first kappa shape index (κ1) is 17.6. The van der Waals surface area contributed by atoms with Gasteiger partial charge in [0.2, 0.25) is 0 Å². The Kier molecular flexibility index (Phi) is 3.90. The van der Waals surface area contributed by atoms with Gasteiger partial charge in [-0.3, -0.25) is 9.67 Å². The molecule has 6 rings (SSSR count). The highest BCUT2D eigenvalue weighted by atomic mass is 32.1. The number of hydrogen-bond donors (Lipinski definition) is 2. The fourth-order valence-corrected chi connectivity index (χ4v) is 5.25. The summed E-state index contributed by atoms with van der Waals surface area (Å²) in [5.74, 6) is 1.13. The van der Waals surface area contributed by atoms with E-state index in [0.29, 0.717) is 11.4 Å². The number of aliphatic hydroxyl groups excluding tert-OH is 1. The SMILES string of the molecule is Nc1ncc(-c2cnn(C3CCC(O)C3)c2)c2cc(-c3csc4cnccc34)oc12. The van der Waals surface area contributed by atoms with Crippen molar-refractivity contribution in [2.24, 2.45) is 0 Å². The largest absolute Gasteiger partial charge is 0.452 e. The molecule has 0 spiro atoms. The molecule has 2 unspecified atom stereocenters. The van der Waals surface area contributed by atoms with Gasteiger partial charge in [0.05, 0.1) is 23.0 Å². The van der Waals surface area contributed by atoms with Crippen LogP contribution in [0.15, 0.2) is 52.9 Å². The van der Waals surface area contributed by atoms with E-state index in [1.54, 1.807) is 23.7 Å². The molecule has 0 aromatic carbocycles. The van der Waals surface area contributed by atoms with E-state index in [0.717, 1.165) is 57.2 Å². The number of nitrogen functional groups attached to an aromatic ring is 1. The Hall–Kier alpha value is -3.23. The zero-order chi connectivity index (χ0) is 20.2. The summed E-state index contributed by atoms with van der Waals surface area (Å²) in [6.07, 6.45) is 11.6. The van der Waals surface area contributed by atoms with E-state index in [1.165, 1.54) is 0 Å². The molecule has 5 heterocycles. The normalized spacial score (nSPS) is 19.2. The zero-order valence-corrected chi connectivity index (χ0v) is 16.8. The molecule has 0 aliphatic heterocycles. The van der Waals surface area contributed by atoms with Crippen LogP contribution in [-0.2, 0) is 0 Å². The molecule has 150 valence electrons. The fourth-order valence-electron chi connectivity index (χ4n) is 4.33. The summed E-state index contributed by atoms with van der Waals surface area (Å²) in [5.41, 5.74) is 9.64. The van der Waals surface area contributed by atoms with Gasteiger partial charge in [-0.25, -0.2) is 4.98 Å². The van der Waals surface area contributed by atoms with E-state index < -0.39 is 0 Å². The van der Waals surface area contributed by atoms with Gasteiger partial charge in [0.25, 0.3) is 0 Å². The van der Waals surface area contributed by atoms with Gasteiger partial charge in [-0.1, -0.05) is 0 Å². The van der Waals surface area contributed by atoms with Crippen LogP contribution >= 0.6 is 11.3 Å². The van der Waals surface area contributed by atoms with E-state index in [4.69, 9.17) is 10.2 Å². The maximum atomic E-state index is 9.84. The third-order valence-electron chi connectivity index (χ3n) is 5.90. The second-order valence-electron chi connectivity index (χ2n) is 7.76. The molecule has 1 saturated carbocycles. The van der Waals surface area contributed by atoms with E-state index in [1.807, 2.05) is 35.4 Å². The van der Waals surface area contributed by atoms with E-state index in [2.05, 4.69) is 20.4 Å². The maximum Gasteiger partial charge on any atom is 0.177 e. The van der Waals surface area contributed by atoms with Crippen LogP contribution in [0.5, 0.6) is 0 Å². The molecule has 1 aliphatic carbocycles. The van der Waals surface area contributed by atoms with Crippen molar-refractivity contribution < 1.29 is 9.52 Å². The average molecular weight is 417 g/mol. The molecule has 5 aromatic heterocycles. The minimum atomic E-state index is -0.236. The number of nitrogens with two attached hydrogens (primary N) is 1. The first-order valence-electron chi connectivity index (χ1n) is 9.89. The Balaban J connectivity index is 1.46. The molecular formula is C22H19N5O2S. The van der Waals surface area contributed by atoms with Gasteiger partial charge in [-0.15, -0.1) is 11.3 Å². The summed E-state index contributed by atoms with van der Waals surface area (Å²) in [5, 5.41) is 18.5. The molecule has 8 heteroatoms. The molecule has 2 atom stereocenters. The monoisotopic (exact) mass is 417 g/mol. The maximum absolute atomic E-state index is 9.84. The average Bonchev–Trinajstić information content (AvgIpc) is 3.53.